The van der Waals surface area contributed by atoms with Gasteiger partial charge in [0.05, 0.1) is 22.0 Å². The molecule has 0 saturated carbocycles. The molecule has 172 valence electrons. The molecule has 2 aromatic heterocycles. The van der Waals surface area contributed by atoms with Crippen LogP contribution in [0.5, 0.6) is 0 Å². The highest BCUT2D eigenvalue weighted by Crippen LogP contribution is 2.37. The third-order valence-corrected chi connectivity index (χ3v) is 7.34. The summed E-state index contributed by atoms with van der Waals surface area (Å²) in [4.78, 5) is 24.6. The first-order chi connectivity index (χ1) is 16.5. The minimum Gasteiger partial charge on any atom is -0.331 e. The van der Waals surface area contributed by atoms with E-state index in [1.165, 1.54) is 12.1 Å². The van der Waals surface area contributed by atoms with E-state index in [-0.39, 0.29) is 17.9 Å². The van der Waals surface area contributed by atoms with Gasteiger partial charge in [-0.25, -0.2) is 19.2 Å². The SMILES string of the molecule is C[C@H](NC(=O)N1CC=C(c2ncnc3cc(-c4ccc(F)cc4)sc23)CC1)c1cccc(Cl)c1. The van der Waals surface area contributed by atoms with Crippen LogP contribution in [0.2, 0.25) is 5.02 Å². The van der Waals surface area contributed by atoms with E-state index < -0.39 is 0 Å². The lowest BCUT2D eigenvalue weighted by Crippen LogP contribution is -2.43. The van der Waals surface area contributed by atoms with E-state index in [2.05, 4.69) is 21.4 Å². The van der Waals surface area contributed by atoms with Crippen LogP contribution in [0.3, 0.4) is 0 Å². The maximum atomic E-state index is 13.3. The lowest BCUT2D eigenvalue weighted by molar-refractivity contribution is 0.199. The summed E-state index contributed by atoms with van der Waals surface area (Å²) in [6.07, 6.45) is 4.34. The minimum absolute atomic E-state index is 0.106. The number of urea groups is 1. The molecule has 5 rings (SSSR count). The van der Waals surface area contributed by atoms with Gasteiger partial charge in [0.25, 0.3) is 0 Å². The molecule has 3 heterocycles. The summed E-state index contributed by atoms with van der Waals surface area (Å²) in [5, 5.41) is 3.70. The van der Waals surface area contributed by atoms with Gasteiger partial charge in [-0.2, -0.15) is 0 Å². The molecule has 2 aromatic carbocycles. The second kappa shape index (κ2) is 9.52. The fraction of sp³-hybridized carbons (Fsp3) is 0.192. The molecule has 5 nitrogen and oxygen atoms in total. The van der Waals surface area contributed by atoms with Crippen molar-refractivity contribution in [1.29, 1.82) is 0 Å². The number of rotatable bonds is 4. The molecule has 0 unspecified atom stereocenters. The Kier molecular flexibility index (Phi) is 6.30. The summed E-state index contributed by atoms with van der Waals surface area (Å²) in [6, 6.07) is 15.7. The van der Waals surface area contributed by atoms with E-state index in [0.29, 0.717) is 24.5 Å². The van der Waals surface area contributed by atoms with Crippen LogP contribution in [0.25, 0.3) is 26.2 Å². The van der Waals surface area contributed by atoms with E-state index in [1.807, 2.05) is 37.3 Å². The number of halogens is 2. The molecule has 1 aliphatic heterocycles. The first kappa shape index (κ1) is 22.5. The second-order valence-electron chi connectivity index (χ2n) is 8.21. The summed E-state index contributed by atoms with van der Waals surface area (Å²) < 4.78 is 14.3. The number of amides is 2. The van der Waals surface area contributed by atoms with Gasteiger partial charge in [0.15, 0.2) is 0 Å². The Morgan fingerprint density at radius 3 is 2.74 bits per heavy atom. The molecule has 1 N–H and O–H groups in total. The molecule has 0 spiro atoms. The largest absolute Gasteiger partial charge is 0.331 e. The number of nitrogens with zero attached hydrogens (tertiary/aromatic N) is 3. The highest BCUT2D eigenvalue weighted by Gasteiger charge is 2.22. The van der Waals surface area contributed by atoms with Gasteiger partial charge in [-0.05, 0) is 60.4 Å². The Bertz CT molecular complexity index is 1390. The van der Waals surface area contributed by atoms with E-state index in [0.717, 1.165) is 37.5 Å². The van der Waals surface area contributed by atoms with Gasteiger partial charge in [0, 0.05) is 23.0 Å². The summed E-state index contributed by atoms with van der Waals surface area (Å²) >= 11 is 7.68. The van der Waals surface area contributed by atoms with Gasteiger partial charge in [-0.15, -0.1) is 11.3 Å². The molecule has 0 radical (unpaired) electrons. The molecule has 1 atom stereocenters. The topological polar surface area (TPSA) is 58.1 Å². The number of hydrogen-bond acceptors (Lipinski definition) is 4. The smallest absolute Gasteiger partial charge is 0.318 e. The molecular formula is C26H22ClFN4OS. The van der Waals surface area contributed by atoms with Crippen molar-refractivity contribution in [2.45, 2.75) is 19.4 Å². The van der Waals surface area contributed by atoms with Gasteiger partial charge in [-0.3, -0.25) is 0 Å². The van der Waals surface area contributed by atoms with Gasteiger partial charge >= 0.3 is 6.03 Å². The molecule has 1 aliphatic rings. The minimum atomic E-state index is -0.256. The fourth-order valence-electron chi connectivity index (χ4n) is 4.04. The molecule has 0 bridgehead atoms. The van der Waals surface area contributed by atoms with Crippen LogP contribution in [-0.4, -0.2) is 34.0 Å². The molecule has 0 fully saturated rings. The fourth-order valence-corrected chi connectivity index (χ4v) is 5.38. The average molecular weight is 493 g/mol. The maximum absolute atomic E-state index is 13.3. The number of carbonyl (C=O) groups is 1. The molecular weight excluding hydrogens is 471 g/mol. The van der Waals surface area contributed by atoms with E-state index in [4.69, 9.17) is 11.6 Å². The van der Waals surface area contributed by atoms with Crippen LogP contribution < -0.4 is 5.32 Å². The van der Waals surface area contributed by atoms with Crippen LogP contribution >= 0.6 is 22.9 Å². The van der Waals surface area contributed by atoms with Gasteiger partial charge in [0.2, 0.25) is 0 Å². The van der Waals surface area contributed by atoms with Crippen LogP contribution in [0.1, 0.15) is 30.6 Å². The highest BCUT2D eigenvalue weighted by atomic mass is 35.5. The molecule has 4 aromatic rings. The Labute approximate surface area is 205 Å². The first-order valence-corrected chi connectivity index (χ1v) is 12.2. The predicted molar refractivity (Wildman–Crippen MR) is 135 cm³/mol. The number of hydrogen-bond donors (Lipinski definition) is 1. The summed E-state index contributed by atoms with van der Waals surface area (Å²) in [5.41, 5.74) is 4.78. The van der Waals surface area contributed by atoms with Crippen molar-refractivity contribution >= 4 is 44.8 Å². The lowest BCUT2D eigenvalue weighted by Gasteiger charge is -2.28. The third kappa shape index (κ3) is 4.67. The van der Waals surface area contributed by atoms with Crippen molar-refractivity contribution in [1.82, 2.24) is 20.2 Å². The van der Waals surface area contributed by atoms with E-state index in [1.54, 1.807) is 34.7 Å². The number of nitrogens with one attached hydrogen (secondary N) is 1. The van der Waals surface area contributed by atoms with Crippen molar-refractivity contribution < 1.29 is 9.18 Å². The second-order valence-corrected chi connectivity index (χ2v) is 9.69. The summed E-state index contributed by atoms with van der Waals surface area (Å²) in [5.74, 6) is -0.256. The van der Waals surface area contributed by atoms with Crippen molar-refractivity contribution in [3.63, 3.8) is 0 Å². The van der Waals surface area contributed by atoms with Crippen molar-refractivity contribution in [3.05, 3.63) is 89.1 Å². The Hall–Kier alpha value is -3.29. The lowest BCUT2D eigenvalue weighted by atomic mass is 10.0. The zero-order valence-electron chi connectivity index (χ0n) is 18.5. The quantitative estimate of drug-likeness (QED) is 0.344. The normalized spacial score (nSPS) is 14.7. The standard InChI is InChI=1S/C26H22ClFN4OS/c1-16(19-3-2-4-20(27)13-19)31-26(33)32-11-9-18(10-12-32)24-25-22(29-15-30-24)14-23(34-25)17-5-7-21(28)8-6-17/h2-9,13-16H,10-12H2,1H3,(H,31,33)/t16-/m0/s1. The maximum Gasteiger partial charge on any atom is 0.318 e. The van der Waals surface area contributed by atoms with Crippen molar-refractivity contribution in [2.75, 3.05) is 13.1 Å². The van der Waals surface area contributed by atoms with Crippen LogP contribution in [-0.2, 0) is 0 Å². The first-order valence-electron chi connectivity index (χ1n) is 11.0. The average Bonchev–Trinajstić information content (AvgIpc) is 3.29. The summed E-state index contributed by atoms with van der Waals surface area (Å²) in [7, 11) is 0. The monoisotopic (exact) mass is 492 g/mol. The van der Waals surface area contributed by atoms with Crippen LogP contribution in [0.15, 0.2) is 67.0 Å². The number of aromatic nitrogens is 2. The Balaban J connectivity index is 1.32. The number of fused-ring (bicyclic) bond motifs is 1. The molecule has 34 heavy (non-hydrogen) atoms. The highest BCUT2D eigenvalue weighted by molar-refractivity contribution is 7.22. The van der Waals surface area contributed by atoms with E-state index in [9.17, 15) is 9.18 Å². The third-order valence-electron chi connectivity index (χ3n) is 5.93. The molecule has 0 saturated heterocycles. The summed E-state index contributed by atoms with van der Waals surface area (Å²) in [6.45, 7) is 3.05. The number of thiophene rings is 1. The molecule has 8 heteroatoms. The van der Waals surface area contributed by atoms with Gasteiger partial charge < -0.3 is 10.2 Å². The van der Waals surface area contributed by atoms with Crippen molar-refractivity contribution in [2.24, 2.45) is 0 Å². The van der Waals surface area contributed by atoms with Crippen LogP contribution in [0.4, 0.5) is 9.18 Å². The predicted octanol–water partition coefficient (Wildman–Crippen LogP) is 6.71. The number of carbonyl (C=O) groups excluding carboxylic acids is 1. The van der Waals surface area contributed by atoms with Gasteiger partial charge in [-0.1, -0.05) is 41.9 Å². The number of benzene rings is 2. The molecule has 0 aliphatic carbocycles. The zero-order chi connectivity index (χ0) is 23.7. The zero-order valence-corrected chi connectivity index (χ0v) is 20.0. The van der Waals surface area contributed by atoms with Crippen LogP contribution in [0, 0.1) is 5.82 Å². The van der Waals surface area contributed by atoms with E-state index >= 15 is 0 Å². The van der Waals surface area contributed by atoms with Gasteiger partial charge in [0.1, 0.15) is 12.1 Å². The Morgan fingerprint density at radius 2 is 2.00 bits per heavy atom. The Morgan fingerprint density at radius 1 is 1.18 bits per heavy atom. The van der Waals surface area contributed by atoms with Crippen molar-refractivity contribution in [3.8, 4) is 10.4 Å². The molecule has 2 amide bonds.